The summed E-state index contributed by atoms with van der Waals surface area (Å²) in [7, 11) is 0.842. The number of amides is 1. The number of esters is 1. The van der Waals surface area contributed by atoms with Gasteiger partial charge in [-0.2, -0.15) is 13.2 Å². The molecule has 5 nitrogen and oxygen atoms in total. The van der Waals surface area contributed by atoms with Crippen LogP contribution in [-0.2, 0) is 31.3 Å². The van der Waals surface area contributed by atoms with Crippen LogP contribution in [0.1, 0.15) is 25.0 Å². The number of carbonyl (C=O) groups is 2. The monoisotopic (exact) mass is 435 g/mol. The molecule has 1 heterocycles. The molecule has 31 heavy (non-hydrogen) atoms. The summed E-state index contributed by atoms with van der Waals surface area (Å²) in [6.07, 6.45) is -5.04. The summed E-state index contributed by atoms with van der Waals surface area (Å²) in [5.74, 6) is -2.32. The fourth-order valence-electron chi connectivity index (χ4n) is 3.85. The molecule has 0 unspecified atom stereocenters. The van der Waals surface area contributed by atoms with Crippen molar-refractivity contribution in [3.63, 3.8) is 0 Å². The molecule has 166 valence electrons. The van der Waals surface area contributed by atoms with E-state index in [1.807, 2.05) is 6.07 Å². The number of hydrogen-bond donors (Lipinski definition) is 0. The predicted octanol–water partition coefficient (Wildman–Crippen LogP) is 4.07. The van der Waals surface area contributed by atoms with E-state index in [0.29, 0.717) is 0 Å². The molecule has 0 radical (unpaired) electrons. The van der Waals surface area contributed by atoms with Gasteiger partial charge in [-0.25, -0.2) is 4.79 Å². The molecule has 2 aromatic carbocycles. The van der Waals surface area contributed by atoms with E-state index in [2.05, 4.69) is 0 Å². The first kappa shape index (κ1) is 22.8. The van der Waals surface area contributed by atoms with E-state index in [1.54, 1.807) is 44.2 Å². The maximum atomic E-state index is 14.2. The van der Waals surface area contributed by atoms with Gasteiger partial charge in [0.2, 0.25) is 0 Å². The zero-order valence-corrected chi connectivity index (χ0v) is 17.4. The summed E-state index contributed by atoms with van der Waals surface area (Å²) in [4.78, 5) is 26.9. The standard InChI is InChI=1S/C23H24F3NO4/c1-15(2)18-19(20(28)31-14-16-10-6-4-7-11-16)27(18)21(29)22(30-3,23(24,25)26)17-12-8-5-9-13-17/h4-13,15,18-19H,14H2,1-3H3/t18-,19+,22+,27?/m1/s1. The lowest BCUT2D eigenvalue weighted by atomic mass is 9.91. The van der Waals surface area contributed by atoms with Gasteiger partial charge in [0, 0.05) is 12.7 Å². The van der Waals surface area contributed by atoms with Gasteiger partial charge in [0.25, 0.3) is 11.5 Å². The van der Waals surface area contributed by atoms with Crippen molar-refractivity contribution in [1.82, 2.24) is 4.90 Å². The quantitative estimate of drug-likeness (QED) is 0.486. The van der Waals surface area contributed by atoms with Crippen molar-refractivity contribution in [1.29, 1.82) is 0 Å². The lowest BCUT2D eigenvalue weighted by Gasteiger charge is -2.33. The second-order valence-electron chi connectivity index (χ2n) is 7.73. The molecule has 2 aromatic rings. The number of carbonyl (C=O) groups excluding carboxylic acids is 2. The van der Waals surface area contributed by atoms with E-state index in [1.165, 1.54) is 24.3 Å². The van der Waals surface area contributed by atoms with Gasteiger partial charge in [-0.05, 0) is 11.5 Å². The highest BCUT2D eigenvalue weighted by molar-refractivity contribution is 5.96. The van der Waals surface area contributed by atoms with Crippen molar-refractivity contribution in [3.8, 4) is 0 Å². The molecule has 0 aromatic heterocycles. The molecule has 0 aliphatic carbocycles. The Morgan fingerprint density at radius 2 is 1.55 bits per heavy atom. The summed E-state index contributed by atoms with van der Waals surface area (Å²) >= 11 is 0. The number of halogens is 3. The van der Waals surface area contributed by atoms with E-state index in [9.17, 15) is 22.8 Å². The van der Waals surface area contributed by atoms with Crippen molar-refractivity contribution < 1.29 is 32.2 Å². The van der Waals surface area contributed by atoms with Gasteiger partial charge in [0.05, 0.1) is 6.04 Å². The molecule has 1 aliphatic heterocycles. The van der Waals surface area contributed by atoms with Crippen LogP contribution in [0.2, 0.25) is 0 Å². The van der Waals surface area contributed by atoms with Crippen LogP contribution in [0.5, 0.6) is 0 Å². The molecule has 3 atom stereocenters. The number of alkyl halides is 3. The van der Waals surface area contributed by atoms with E-state index in [4.69, 9.17) is 9.47 Å². The first-order chi connectivity index (χ1) is 14.6. The fraction of sp³-hybridized carbons (Fsp3) is 0.391. The average Bonchev–Trinajstić information content (AvgIpc) is 3.49. The lowest BCUT2D eigenvalue weighted by molar-refractivity contribution is -0.268. The molecule has 3 rings (SSSR count). The smallest absolute Gasteiger partial charge is 0.430 e. The molecule has 1 aliphatic rings. The Kier molecular flexibility index (Phi) is 6.40. The number of rotatable bonds is 7. The number of methoxy groups -OCH3 is 1. The van der Waals surface area contributed by atoms with E-state index >= 15 is 0 Å². The van der Waals surface area contributed by atoms with Crippen LogP contribution in [0.25, 0.3) is 0 Å². The summed E-state index contributed by atoms with van der Waals surface area (Å²) in [6, 6.07) is 13.8. The van der Waals surface area contributed by atoms with Crippen LogP contribution in [0, 0.1) is 5.92 Å². The molecular weight excluding hydrogens is 411 g/mol. The third kappa shape index (κ3) is 4.17. The summed E-state index contributed by atoms with van der Waals surface area (Å²) in [5.41, 5.74) is -2.82. The van der Waals surface area contributed by atoms with Crippen LogP contribution >= 0.6 is 0 Å². The fourth-order valence-corrected chi connectivity index (χ4v) is 3.85. The molecule has 0 spiro atoms. The normalized spacial score (nSPS) is 20.3. The highest BCUT2D eigenvalue weighted by Gasteiger charge is 2.70. The molecular formula is C23H24F3NO4. The number of nitrogens with zero attached hydrogens (tertiary/aromatic N) is 1. The van der Waals surface area contributed by atoms with Crippen molar-refractivity contribution >= 4 is 11.9 Å². The van der Waals surface area contributed by atoms with Gasteiger partial charge < -0.3 is 14.4 Å². The molecule has 8 heteroatoms. The highest BCUT2D eigenvalue weighted by Crippen LogP contribution is 2.48. The van der Waals surface area contributed by atoms with E-state index < -0.39 is 35.7 Å². The first-order valence-electron chi connectivity index (χ1n) is 9.86. The van der Waals surface area contributed by atoms with E-state index in [-0.39, 0.29) is 18.1 Å². The minimum atomic E-state index is -5.04. The molecule has 0 N–H and O–H groups in total. The molecule has 0 saturated carbocycles. The summed E-state index contributed by atoms with van der Waals surface area (Å²) < 4.78 is 52.9. The summed E-state index contributed by atoms with van der Waals surface area (Å²) in [5, 5.41) is 0. The van der Waals surface area contributed by atoms with Crippen LogP contribution in [0.4, 0.5) is 13.2 Å². The third-order valence-corrected chi connectivity index (χ3v) is 5.42. The number of ether oxygens (including phenoxy) is 2. The second-order valence-corrected chi connectivity index (χ2v) is 7.73. The highest BCUT2D eigenvalue weighted by atomic mass is 19.4. The Hall–Kier alpha value is -2.87. The zero-order valence-electron chi connectivity index (χ0n) is 17.4. The molecule has 1 saturated heterocycles. The van der Waals surface area contributed by atoms with Gasteiger partial charge >= 0.3 is 12.1 Å². The van der Waals surface area contributed by atoms with Crippen LogP contribution in [0.15, 0.2) is 60.7 Å². The van der Waals surface area contributed by atoms with Crippen LogP contribution < -0.4 is 0 Å². The Balaban J connectivity index is 1.89. The van der Waals surface area contributed by atoms with Gasteiger partial charge in [0.15, 0.2) is 6.04 Å². The van der Waals surface area contributed by atoms with Crippen LogP contribution in [-0.4, -0.2) is 42.1 Å². The van der Waals surface area contributed by atoms with Gasteiger partial charge in [0.1, 0.15) is 6.61 Å². The second kappa shape index (κ2) is 8.70. The Bertz CT molecular complexity index is 917. The van der Waals surface area contributed by atoms with Gasteiger partial charge in [-0.15, -0.1) is 0 Å². The Labute approximate surface area is 178 Å². The van der Waals surface area contributed by atoms with Crippen LogP contribution in [0.3, 0.4) is 0 Å². The SMILES string of the molecule is CO[C@](C(=O)N1[C@H](C(=O)OCc2ccccc2)[C@H]1C(C)C)(c1ccccc1)C(F)(F)F. The first-order valence-corrected chi connectivity index (χ1v) is 9.86. The van der Waals surface area contributed by atoms with Gasteiger partial charge in [-0.3, -0.25) is 4.79 Å². The van der Waals surface area contributed by atoms with Crippen molar-refractivity contribution in [2.75, 3.05) is 7.11 Å². The largest absolute Gasteiger partial charge is 0.459 e. The predicted molar refractivity (Wildman–Crippen MR) is 107 cm³/mol. The van der Waals surface area contributed by atoms with Crippen molar-refractivity contribution in [2.45, 2.75) is 44.3 Å². The number of benzene rings is 2. The third-order valence-electron chi connectivity index (χ3n) is 5.42. The van der Waals surface area contributed by atoms with Crippen molar-refractivity contribution in [2.24, 2.45) is 5.92 Å². The maximum Gasteiger partial charge on any atom is 0.430 e. The summed E-state index contributed by atoms with van der Waals surface area (Å²) in [6.45, 7) is 3.44. The van der Waals surface area contributed by atoms with Crippen molar-refractivity contribution in [3.05, 3.63) is 71.8 Å². The minimum absolute atomic E-state index is 0.0314. The molecule has 1 amide bonds. The lowest BCUT2D eigenvalue weighted by Crippen LogP contribution is -2.54. The minimum Gasteiger partial charge on any atom is -0.459 e. The van der Waals surface area contributed by atoms with Gasteiger partial charge in [-0.1, -0.05) is 74.5 Å². The maximum absolute atomic E-state index is 14.2. The Morgan fingerprint density at radius 3 is 2.03 bits per heavy atom. The Morgan fingerprint density at radius 1 is 1.00 bits per heavy atom. The van der Waals surface area contributed by atoms with E-state index in [0.717, 1.165) is 17.6 Å². The average molecular weight is 435 g/mol. The molecule has 0 bridgehead atoms. The zero-order chi connectivity index (χ0) is 22.8. The topological polar surface area (TPSA) is 55.6 Å². The molecule has 1 fully saturated rings. The number of hydrogen-bond acceptors (Lipinski definition) is 4.